The second-order valence-corrected chi connectivity index (χ2v) is 6.60. The van der Waals surface area contributed by atoms with Crippen LogP contribution in [0.5, 0.6) is 0 Å². The van der Waals surface area contributed by atoms with Crippen LogP contribution in [0.2, 0.25) is 0 Å². The summed E-state index contributed by atoms with van der Waals surface area (Å²) in [7, 11) is -5.15. The quantitative estimate of drug-likeness (QED) is 0.568. The number of carbonyl (C=O) groups is 1. The topological polar surface area (TPSA) is 75.7 Å². The van der Waals surface area contributed by atoms with Crippen molar-refractivity contribution in [2.45, 2.75) is 30.7 Å². The highest BCUT2D eigenvalue weighted by Crippen LogP contribution is 2.36. The molecular formula is C11H15F11N2O4S. The van der Waals surface area contributed by atoms with Gasteiger partial charge in [0.25, 0.3) is 0 Å². The molecule has 0 aromatic heterocycles. The number of likely N-dealkylation sites (N-methyl/N-ethyl adjacent to an activating group) is 1. The Kier molecular flexibility index (Phi) is 10.8. The van der Waals surface area contributed by atoms with Crippen molar-refractivity contribution < 1.29 is 66.2 Å². The number of halogens is 11. The molecule has 0 aromatic rings. The fraction of sp³-hybridized carbons (Fsp3) is 0.909. The van der Waals surface area contributed by atoms with Gasteiger partial charge in [-0.2, -0.15) is 56.7 Å². The highest BCUT2D eigenvalue weighted by Gasteiger charge is 2.65. The maximum atomic E-state index is 12.1. The van der Waals surface area contributed by atoms with Crippen LogP contribution >= 0.6 is 0 Å². The van der Waals surface area contributed by atoms with E-state index in [1.807, 2.05) is 0 Å². The Morgan fingerprint density at radius 2 is 1.41 bits per heavy atom. The smallest absolute Gasteiger partial charge is 0.383 e. The predicted octanol–water partition coefficient (Wildman–Crippen LogP) is 2.67. The summed E-state index contributed by atoms with van der Waals surface area (Å²) in [6.45, 7) is 1.90. The van der Waals surface area contributed by atoms with E-state index >= 15 is 0 Å². The Hall–Kier alpha value is -1.43. The minimum atomic E-state index is -6.62. The highest BCUT2D eigenvalue weighted by atomic mass is 32.2. The summed E-state index contributed by atoms with van der Waals surface area (Å²) in [6.07, 6.45) is -10.6. The maximum Gasteiger partial charge on any atom is 0.516 e. The van der Waals surface area contributed by atoms with Gasteiger partial charge in [0.15, 0.2) is 0 Å². The van der Waals surface area contributed by atoms with Crippen LogP contribution in [0.1, 0.15) is 6.92 Å². The van der Waals surface area contributed by atoms with Crippen LogP contribution < -0.4 is 4.72 Å². The molecule has 0 bridgehead atoms. The fourth-order valence-electron chi connectivity index (χ4n) is 1.20. The molecule has 6 nitrogen and oxygen atoms in total. The lowest BCUT2D eigenvalue weighted by Crippen LogP contribution is -2.54. The third-order valence-electron chi connectivity index (χ3n) is 2.63. The largest absolute Gasteiger partial charge is 0.516 e. The first kappa shape index (κ1) is 29.8. The van der Waals surface area contributed by atoms with E-state index in [-0.39, 0.29) is 0 Å². The van der Waals surface area contributed by atoms with Crippen LogP contribution in [0.4, 0.5) is 48.3 Å². The minimum Gasteiger partial charge on any atom is -0.383 e. The minimum absolute atomic E-state index is 0.326. The number of methoxy groups -OCH3 is 1. The molecule has 0 radical (unpaired) electrons. The van der Waals surface area contributed by atoms with Crippen LogP contribution in [0.25, 0.3) is 0 Å². The molecule has 176 valence electrons. The van der Waals surface area contributed by atoms with Gasteiger partial charge in [-0.15, -0.1) is 0 Å². The van der Waals surface area contributed by atoms with Crippen LogP contribution in [0.3, 0.4) is 0 Å². The average Bonchev–Trinajstić information content (AvgIpc) is 2.48. The van der Waals surface area contributed by atoms with Gasteiger partial charge in [0, 0.05) is 13.7 Å². The van der Waals surface area contributed by atoms with Crippen molar-refractivity contribution in [1.82, 2.24) is 9.62 Å². The van der Waals surface area contributed by atoms with Crippen LogP contribution in [0, 0.1) is 0 Å². The zero-order valence-electron chi connectivity index (χ0n) is 14.5. The van der Waals surface area contributed by atoms with Crippen molar-refractivity contribution in [1.29, 1.82) is 0 Å². The van der Waals surface area contributed by atoms with Gasteiger partial charge in [-0.05, 0) is 6.54 Å². The number of carbonyl (C=O) groups excluding carboxylic acids is 1. The van der Waals surface area contributed by atoms with Gasteiger partial charge in [-0.1, -0.05) is 6.92 Å². The molecule has 0 aromatic carbocycles. The van der Waals surface area contributed by atoms with Gasteiger partial charge < -0.3 is 4.74 Å². The van der Waals surface area contributed by atoms with Crippen molar-refractivity contribution in [3.05, 3.63) is 0 Å². The lowest BCUT2D eigenvalue weighted by Gasteiger charge is -2.21. The number of sulfonamides is 1. The van der Waals surface area contributed by atoms with E-state index in [0.29, 0.717) is 19.7 Å². The van der Waals surface area contributed by atoms with Gasteiger partial charge in [0.05, 0.1) is 13.2 Å². The van der Waals surface area contributed by atoms with Crippen LogP contribution in [-0.4, -0.2) is 76.4 Å². The summed E-state index contributed by atoms with van der Waals surface area (Å²) in [4.78, 5) is 11.4. The number of ether oxygens (including phenoxy) is 1. The number of nitrogens with one attached hydrogen (secondary N) is 1. The van der Waals surface area contributed by atoms with E-state index < -0.39 is 51.0 Å². The average molecular weight is 480 g/mol. The normalized spacial score (nSPS) is 13.7. The predicted molar refractivity (Wildman–Crippen MR) is 74.2 cm³/mol. The Balaban J connectivity index is 0. The second kappa shape index (κ2) is 10.6. The molecule has 0 aliphatic carbocycles. The maximum absolute atomic E-state index is 12.1. The first-order chi connectivity index (χ1) is 12.6. The highest BCUT2D eigenvalue weighted by molar-refractivity contribution is 7.90. The molecule has 1 N–H and O–H groups in total. The van der Waals surface area contributed by atoms with E-state index in [0.717, 1.165) is 0 Å². The molecule has 0 spiro atoms. The lowest BCUT2D eigenvalue weighted by molar-refractivity contribution is -0.269. The number of alkyl halides is 11. The summed E-state index contributed by atoms with van der Waals surface area (Å²) in [6, 6.07) is 0. The Morgan fingerprint density at radius 1 is 0.966 bits per heavy atom. The first-order valence-corrected chi connectivity index (χ1v) is 8.46. The lowest BCUT2D eigenvalue weighted by atomic mass is 10.3. The SMILES string of the molecule is CCN(CCOC)CC(F)(F)F.O=C(NS(=O)(=O)C(F)(F)F)C(F)(F)C(F)(F)F. The summed E-state index contributed by atoms with van der Waals surface area (Å²) in [5.74, 6) is -9.90. The molecule has 1 amide bonds. The molecule has 0 saturated heterocycles. The summed E-state index contributed by atoms with van der Waals surface area (Å²) in [5.41, 5.74) is -6.19. The van der Waals surface area contributed by atoms with E-state index in [4.69, 9.17) is 0 Å². The van der Waals surface area contributed by atoms with Crippen molar-refractivity contribution in [2.24, 2.45) is 0 Å². The molecule has 0 aliphatic rings. The number of hydrogen-bond acceptors (Lipinski definition) is 5. The van der Waals surface area contributed by atoms with Gasteiger partial charge in [-0.25, -0.2) is 4.72 Å². The zero-order chi connectivity index (χ0) is 23.9. The molecule has 0 fully saturated rings. The van der Waals surface area contributed by atoms with Crippen LogP contribution in [-0.2, 0) is 19.6 Å². The zero-order valence-corrected chi connectivity index (χ0v) is 15.3. The van der Waals surface area contributed by atoms with E-state index in [1.54, 1.807) is 6.92 Å². The summed E-state index contributed by atoms with van der Waals surface area (Å²) >= 11 is 0. The first-order valence-electron chi connectivity index (χ1n) is 6.98. The molecule has 0 saturated carbocycles. The number of hydrogen-bond donors (Lipinski definition) is 1. The summed E-state index contributed by atoms with van der Waals surface area (Å²) < 4.78 is 153. The molecule has 0 rings (SSSR count). The molecule has 0 heterocycles. The third-order valence-corrected chi connectivity index (χ3v) is 3.70. The van der Waals surface area contributed by atoms with Crippen molar-refractivity contribution >= 4 is 15.9 Å². The van der Waals surface area contributed by atoms with Crippen molar-refractivity contribution in [3.63, 3.8) is 0 Å². The third kappa shape index (κ3) is 10.8. The Bertz CT molecular complexity index is 614. The number of rotatable bonds is 7. The standard InChI is InChI=1S/C7H14F3NO.C4HF8NO3S/c1-3-11(4-5-12-2)6-7(8,9)10;5-2(6,3(7,8)9)1(14)13-17(15,16)4(10,11)12/h3-6H2,1-2H3;(H,13,14). The molecule has 29 heavy (non-hydrogen) atoms. The number of nitrogens with zero attached hydrogens (tertiary/aromatic N) is 1. The Morgan fingerprint density at radius 3 is 1.69 bits per heavy atom. The fourth-order valence-corrected chi connectivity index (χ4v) is 1.68. The van der Waals surface area contributed by atoms with E-state index in [1.165, 1.54) is 12.0 Å². The van der Waals surface area contributed by atoms with Crippen molar-refractivity contribution in [2.75, 3.05) is 33.4 Å². The molecule has 0 aliphatic heterocycles. The number of amides is 1. The molecule has 0 atom stereocenters. The monoisotopic (exact) mass is 480 g/mol. The Labute approximate surface area is 157 Å². The molecule has 18 heteroatoms. The molecule has 0 unspecified atom stereocenters. The van der Waals surface area contributed by atoms with Gasteiger partial charge in [0.2, 0.25) is 0 Å². The van der Waals surface area contributed by atoms with Gasteiger partial charge >= 0.3 is 39.7 Å². The van der Waals surface area contributed by atoms with Gasteiger partial charge in [0.1, 0.15) is 0 Å². The molecular weight excluding hydrogens is 465 g/mol. The summed E-state index contributed by atoms with van der Waals surface area (Å²) in [5, 5.41) is 0. The second-order valence-electron chi connectivity index (χ2n) is 4.93. The van der Waals surface area contributed by atoms with Gasteiger partial charge in [-0.3, -0.25) is 9.69 Å². The van der Waals surface area contributed by atoms with E-state index in [9.17, 15) is 61.5 Å². The van der Waals surface area contributed by atoms with E-state index in [2.05, 4.69) is 4.74 Å². The van der Waals surface area contributed by atoms with Crippen LogP contribution in [0.15, 0.2) is 0 Å². The van der Waals surface area contributed by atoms with Crippen molar-refractivity contribution in [3.8, 4) is 0 Å².